The van der Waals surface area contributed by atoms with Gasteiger partial charge < -0.3 is 5.32 Å². The topological polar surface area (TPSA) is 45.5 Å². The van der Waals surface area contributed by atoms with Gasteiger partial charge in [0.25, 0.3) is 0 Å². The van der Waals surface area contributed by atoms with Crippen LogP contribution in [0.3, 0.4) is 0 Å². The molecule has 0 amide bonds. The minimum Gasteiger partial charge on any atom is -0.351 e. The number of hydrogen-bond acceptors (Lipinski definition) is 4. The van der Waals surface area contributed by atoms with Crippen molar-refractivity contribution in [1.29, 1.82) is 0 Å². The Kier molecular flexibility index (Phi) is 3.87. The molecule has 1 aliphatic heterocycles. The second-order valence-corrected chi connectivity index (χ2v) is 5.72. The number of nitrogens with one attached hydrogen (secondary N) is 1. The lowest BCUT2D eigenvalue weighted by atomic mass is 10.1. The summed E-state index contributed by atoms with van der Waals surface area (Å²) in [7, 11) is 0. The molecule has 1 atom stereocenters. The second-order valence-electron chi connectivity index (χ2n) is 5.72. The maximum atomic E-state index is 4.55. The van der Waals surface area contributed by atoms with Gasteiger partial charge in [-0.3, -0.25) is 4.90 Å². The van der Waals surface area contributed by atoms with Crippen molar-refractivity contribution < 1.29 is 0 Å². The fraction of sp³-hybridized carbons (Fsp3) is 0.600. The van der Waals surface area contributed by atoms with Crippen LogP contribution in [0.25, 0.3) is 5.65 Å². The Bertz CT molecular complexity index is 571. The smallest absolute Gasteiger partial charge is 0.243 e. The first-order chi connectivity index (χ1) is 9.74. The summed E-state index contributed by atoms with van der Waals surface area (Å²) in [4.78, 5) is 7.10. The zero-order chi connectivity index (χ0) is 13.9. The van der Waals surface area contributed by atoms with Crippen LogP contribution in [0, 0.1) is 6.92 Å². The molecule has 1 N–H and O–H groups in total. The zero-order valence-electron chi connectivity index (χ0n) is 12.3. The molecule has 0 radical (unpaired) electrons. The summed E-state index contributed by atoms with van der Waals surface area (Å²) in [5, 5.41) is 7.84. The Morgan fingerprint density at radius 1 is 1.30 bits per heavy atom. The normalized spacial score (nSPS) is 18.3. The molecule has 0 saturated carbocycles. The number of aromatic nitrogens is 3. The molecule has 3 rings (SSSR count). The predicted octanol–water partition coefficient (Wildman–Crippen LogP) is 2.32. The quantitative estimate of drug-likeness (QED) is 0.928. The fourth-order valence-corrected chi connectivity index (χ4v) is 2.84. The van der Waals surface area contributed by atoms with E-state index < -0.39 is 0 Å². The lowest BCUT2D eigenvalue weighted by molar-refractivity contribution is 0.180. The summed E-state index contributed by atoms with van der Waals surface area (Å²) in [6.07, 6.45) is 5.98. The molecular formula is C15H23N5. The summed E-state index contributed by atoms with van der Waals surface area (Å²) >= 11 is 0. The van der Waals surface area contributed by atoms with Gasteiger partial charge in [0.05, 0.1) is 0 Å². The largest absolute Gasteiger partial charge is 0.351 e. The van der Waals surface area contributed by atoms with Crippen molar-refractivity contribution in [3.8, 4) is 0 Å². The van der Waals surface area contributed by atoms with Crippen molar-refractivity contribution in [3.63, 3.8) is 0 Å². The van der Waals surface area contributed by atoms with Crippen molar-refractivity contribution in [2.75, 3.05) is 25.0 Å². The summed E-state index contributed by atoms with van der Waals surface area (Å²) in [5.41, 5.74) is 2.08. The molecule has 1 fully saturated rings. The monoisotopic (exact) mass is 273 g/mol. The van der Waals surface area contributed by atoms with E-state index in [9.17, 15) is 0 Å². The predicted molar refractivity (Wildman–Crippen MR) is 81.1 cm³/mol. The van der Waals surface area contributed by atoms with Crippen molar-refractivity contribution in [2.24, 2.45) is 0 Å². The van der Waals surface area contributed by atoms with Gasteiger partial charge >= 0.3 is 0 Å². The summed E-state index contributed by atoms with van der Waals surface area (Å²) < 4.78 is 1.84. The summed E-state index contributed by atoms with van der Waals surface area (Å²) in [6, 6.07) is 4.59. The van der Waals surface area contributed by atoms with E-state index in [4.69, 9.17) is 0 Å². The molecule has 1 unspecified atom stereocenters. The number of rotatable bonds is 4. The molecule has 2 aromatic heterocycles. The molecule has 5 heteroatoms. The van der Waals surface area contributed by atoms with E-state index in [1.165, 1.54) is 32.4 Å². The van der Waals surface area contributed by atoms with Crippen LogP contribution in [0.5, 0.6) is 0 Å². The number of aryl methyl sites for hydroxylation is 1. The summed E-state index contributed by atoms with van der Waals surface area (Å²) in [5.74, 6) is 0.725. The first kappa shape index (κ1) is 13.4. The third-order valence-electron chi connectivity index (χ3n) is 4.13. The van der Waals surface area contributed by atoms with Crippen molar-refractivity contribution in [3.05, 3.63) is 23.9 Å². The Morgan fingerprint density at radius 3 is 2.85 bits per heavy atom. The molecule has 0 spiro atoms. The van der Waals surface area contributed by atoms with Gasteiger partial charge in [0.1, 0.15) is 0 Å². The van der Waals surface area contributed by atoms with E-state index in [2.05, 4.69) is 40.2 Å². The van der Waals surface area contributed by atoms with Crippen LogP contribution in [0.4, 0.5) is 5.95 Å². The molecule has 0 aromatic carbocycles. The van der Waals surface area contributed by atoms with Gasteiger partial charge in [0, 0.05) is 18.8 Å². The van der Waals surface area contributed by atoms with Crippen LogP contribution in [0.2, 0.25) is 0 Å². The average Bonchev–Trinajstić information content (AvgIpc) is 2.90. The number of hydrogen-bond donors (Lipinski definition) is 1. The number of nitrogens with zero attached hydrogens (tertiary/aromatic N) is 4. The highest BCUT2D eigenvalue weighted by atomic mass is 15.3. The van der Waals surface area contributed by atoms with Crippen LogP contribution in [0.1, 0.15) is 31.7 Å². The SMILES string of the molecule is Cc1cccn2nc(NCC(C)N3CCCCC3)nc12. The van der Waals surface area contributed by atoms with Crippen molar-refractivity contribution in [1.82, 2.24) is 19.5 Å². The number of fused-ring (bicyclic) bond motifs is 1. The van der Waals surface area contributed by atoms with E-state index in [-0.39, 0.29) is 0 Å². The highest BCUT2D eigenvalue weighted by molar-refractivity contribution is 5.49. The third kappa shape index (κ3) is 2.77. The van der Waals surface area contributed by atoms with Crippen molar-refractivity contribution >= 4 is 11.6 Å². The fourth-order valence-electron chi connectivity index (χ4n) is 2.84. The molecule has 2 aromatic rings. The Hall–Kier alpha value is -1.62. The van der Waals surface area contributed by atoms with Gasteiger partial charge in [-0.25, -0.2) is 4.52 Å². The van der Waals surface area contributed by atoms with Crippen LogP contribution < -0.4 is 5.32 Å². The first-order valence-corrected chi connectivity index (χ1v) is 7.54. The van der Waals surface area contributed by atoms with E-state index >= 15 is 0 Å². The molecule has 5 nitrogen and oxygen atoms in total. The second kappa shape index (κ2) is 5.79. The number of pyridine rings is 1. The standard InChI is InChI=1S/C15H23N5/c1-12-7-6-10-20-14(12)17-15(18-20)16-11-13(2)19-8-4-3-5-9-19/h6-7,10,13H,3-5,8-9,11H2,1-2H3,(H,16,18). The minimum absolute atomic E-state index is 0.531. The Morgan fingerprint density at radius 2 is 2.10 bits per heavy atom. The molecule has 0 bridgehead atoms. The molecule has 1 aliphatic rings. The lowest BCUT2D eigenvalue weighted by Crippen LogP contribution is -2.41. The summed E-state index contributed by atoms with van der Waals surface area (Å²) in [6.45, 7) is 7.68. The van der Waals surface area contributed by atoms with Crippen LogP contribution >= 0.6 is 0 Å². The lowest BCUT2D eigenvalue weighted by Gasteiger charge is -2.32. The van der Waals surface area contributed by atoms with Crippen LogP contribution in [0.15, 0.2) is 18.3 Å². The van der Waals surface area contributed by atoms with Gasteiger partial charge in [-0.15, -0.1) is 5.10 Å². The molecular weight excluding hydrogens is 250 g/mol. The zero-order valence-corrected chi connectivity index (χ0v) is 12.3. The average molecular weight is 273 g/mol. The van der Waals surface area contributed by atoms with Gasteiger partial charge in [-0.2, -0.15) is 4.98 Å². The van der Waals surface area contributed by atoms with Crippen molar-refractivity contribution in [2.45, 2.75) is 39.2 Å². The van der Waals surface area contributed by atoms with E-state index in [0.717, 1.165) is 23.7 Å². The molecule has 108 valence electrons. The van der Waals surface area contributed by atoms with Crippen LogP contribution in [-0.2, 0) is 0 Å². The molecule has 3 heterocycles. The van der Waals surface area contributed by atoms with Gasteiger partial charge in [0.2, 0.25) is 5.95 Å². The molecule has 20 heavy (non-hydrogen) atoms. The molecule has 1 saturated heterocycles. The number of piperidine rings is 1. The number of anilines is 1. The highest BCUT2D eigenvalue weighted by Gasteiger charge is 2.16. The van der Waals surface area contributed by atoms with Gasteiger partial charge in [0.15, 0.2) is 5.65 Å². The van der Waals surface area contributed by atoms with E-state index in [0.29, 0.717) is 6.04 Å². The number of likely N-dealkylation sites (tertiary alicyclic amines) is 1. The molecule has 0 aliphatic carbocycles. The van der Waals surface area contributed by atoms with Gasteiger partial charge in [-0.05, 0) is 51.4 Å². The maximum absolute atomic E-state index is 4.55. The van der Waals surface area contributed by atoms with E-state index in [1.54, 1.807) is 0 Å². The van der Waals surface area contributed by atoms with Gasteiger partial charge in [-0.1, -0.05) is 12.5 Å². The maximum Gasteiger partial charge on any atom is 0.243 e. The third-order valence-corrected chi connectivity index (χ3v) is 4.13. The van der Waals surface area contributed by atoms with Crippen LogP contribution in [-0.4, -0.2) is 45.2 Å². The first-order valence-electron chi connectivity index (χ1n) is 7.54. The minimum atomic E-state index is 0.531. The Balaban J connectivity index is 1.63. The Labute approximate surface area is 120 Å². The highest BCUT2D eigenvalue weighted by Crippen LogP contribution is 2.13. The van der Waals surface area contributed by atoms with E-state index in [1.807, 2.05) is 16.8 Å².